The fraction of sp³-hybridized carbons (Fsp3) is 0.318. The maximum absolute atomic E-state index is 12.6. The van der Waals surface area contributed by atoms with Gasteiger partial charge in [0.15, 0.2) is 0 Å². The molecular formula is C22H24N2O3S. The van der Waals surface area contributed by atoms with E-state index in [1.807, 2.05) is 49.5 Å². The van der Waals surface area contributed by atoms with Gasteiger partial charge < -0.3 is 9.64 Å². The van der Waals surface area contributed by atoms with Gasteiger partial charge in [0.2, 0.25) is 5.12 Å². The average Bonchev–Trinajstić information content (AvgIpc) is 3.10. The molecule has 28 heavy (non-hydrogen) atoms. The molecule has 2 unspecified atom stereocenters. The van der Waals surface area contributed by atoms with Crippen LogP contribution in [0.1, 0.15) is 27.9 Å². The van der Waals surface area contributed by atoms with E-state index in [-0.39, 0.29) is 29.1 Å². The molecule has 1 fully saturated rings. The Morgan fingerprint density at radius 2 is 2.11 bits per heavy atom. The minimum absolute atomic E-state index is 0.0144. The molecule has 2 atom stereocenters. The number of hydrogen-bond acceptors (Lipinski definition) is 5. The van der Waals surface area contributed by atoms with Crippen molar-refractivity contribution in [3.8, 4) is 0 Å². The predicted molar refractivity (Wildman–Crippen MR) is 111 cm³/mol. The summed E-state index contributed by atoms with van der Waals surface area (Å²) in [4.78, 5) is 31.0. The average molecular weight is 397 g/mol. The normalized spacial score (nSPS) is 18.7. The number of pyridine rings is 1. The molecular weight excluding hydrogens is 372 g/mol. The molecule has 0 saturated carbocycles. The molecule has 0 N–H and O–H groups in total. The molecule has 1 amide bonds. The molecule has 1 saturated heterocycles. The number of ether oxygens (including phenoxy) is 1. The summed E-state index contributed by atoms with van der Waals surface area (Å²) in [7, 11) is 0. The molecule has 0 bridgehead atoms. The van der Waals surface area contributed by atoms with Gasteiger partial charge in [-0.15, -0.1) is 0 Å². The van der Waals surface area contributed by atoms with Crippen LogP contribution >= 0.6 is 11.8 Å². The zero-order chi connectivity index (χ0) is 19.9. The number of nitrogens with zero attached hydrogens (tertiary/aromatic N) is 2. The van der Waals surface area contributed by atoms with Crippen LogP contribution in [0.2, 0.25) is 0 Å². The van der Waals surface area contributed by atoms with Gasteiger partial charge in [-0.2, -0.15) is 0 Å². The highest BCUT2D eigenvalue weighted by molar-refractivity contribution is 8.14. The van der Waals surface area contributed by atoms with Gasteiger partial charge in [-0.05, 0) is 37.0 Å². The lowest BCUT2D eigenvalue weighted by molar-refractivity contribution is 0.107. The minimum Gasteiger partial charge on any atom is -0.445 e. The van der Waals surface area contributed by atoms with E-state index in [4.69, 9.17) is 4.74 Å². The Hall–Kier alpha value is -2.60. The molecule has 0 spiro atoms. The third-order valence-electron chi connectivity index (χ3n) is 4.81. The Balaban J connectivity index is 1.72. The van der Waals surface area contributed by atoms with Crippen molar-refractivity contribution in [3.05, 3.63) is 78.1 Å². The smallest absolute Gasteiger partial charge is 0.410 e. The van der Waals surface area contributed by atoms with Crippen LogP contribution in [0.15, 0.2) is 61.4 Å². The van der Waals surface area contributed by atoms with Crippen LogP contribution in [-0.4, -0.2) is 45.5 Å². The number of carbonyl (C=O) groups is 2. The van der Waals surface area contributed by atoms with Crippen LogP contribution in [0.4, 0.5) is 4.79 Å². The van der Waals surface area contributed by atoms with Crippen LogP contribution in [0.25, 0.3) is 0 Å². The van der Waals surface area contributed by atoms with Crippen LogP contribution in [0.3, 0.4) is 0 Å². The second-order valence-electron chi connectivity index (χ2n) is 6.81. The van der Waals surface area contributed by atoms with E-state index in [2.05, 4.69) is 11.6 Å². The SMILES string of the molecule is C=CCOC(=O)N1CC(SC(=O)c2ccccc2)CC1Cc1ccncc1C. The number of thioether (sulfide) groups is 1. The van der Waals surface area contributed by atoms with E-state index in [9.17, 15) is 9.59 Å². The van der Waals surface area contributed by atoms with Crippen molar-refractivity contribution in [3.63, 3.8) is 0 Å². The first-order chi connectivity index (χ1) is 13.6. The van der Waals surface area contributed by atoms with Crippen molar-refractivity contribution in [2.75, 3.05) is 13.2 Å². The second-order valence-corrected chi connectivity index (χ2v) is 8.08. The number of aromatic nitrogens is 1. The van der Waals surface area contributed by atoms with E-state index in [0.29, 0.717) is 18.5 Å². The maximum atomic E-state index is 12.6. The van der Waals surface area contributed by atoms with Crippen molar-refractivity contribution < 1.29 is 14.3 Å². The summed E-state index contributed by atoms with van der Waals surface area (Å²) in [6, 6.07) is 11.2. The van der Waals surface area contributed by atoms with Gasteiger partial charge in [0, 0.05) is 35.8 Å². The molecule has 5 nitrogen and oxygen atoms in total. The van der Waals surface area contributed by atoms with E-state index in [1.165, 1.54) is 11.8 Å². The maximum Gasteiger partial charge on any atom is 0.410 e. The largest absolute Gasteiger partial charge is 0.445 e. The van der Waals surface area contributed by atoms with E-state index >= 15 is 0 Å². The minimum atomic E-state index is -0.355. The number of hydrogen-bond donors (Lipinski definition) is 0. The zero-order valence-corrected chi connectivity index (χ0v) is 16.7. The van der Waals surface area contributed by atoms with E-state index < -0.39 is 0 Å². The number of carbonyl (C=O) groups excluding carboxylic acids is 2. The molecule has 1 aromatic carbocycles. The monoisotopic (exact) mass is 396 g/mol. The molecule has 1 aliphatic heterocycles. The number of rotatable bonds is 6. The predicted octanol–water partition coefficient (Wildman–Crippen LogP) is 4.27. The fourth-order valence-electron chi connectivity index (χ4n) is 3.37. The number of likely N-dealkylation sites (tertiary alicyclic amines) is 1. The molecule has 0 aliphatic carbocycles. The first-order valence-corrected chi connectivity index (χ1v) is 10.2. The Morgan fingerprint density at radius 3 is 2.82 bits per heavy atom. The summed E-state index contributed by atoms with van der Waals surface area (Å²) in [6.45, 7) is 6.28. The van der Waals surface area contributed by atoms with Crippen molar-refractivity contribution in [1.29, 1.82) is 0 Å². The Morgan fingerprint density at radius 1 is 1.32 bits per heavy atom. The highest BCUT2D eigenvalue weighted by atomic mass is 32.2. The summed E-state index contributed by atoms with van der Waals surface area (Å²) in [5, 5.41) is 0.0712. The zero-order valence-electron chi connectivity index (χ0n) is 15.9. The van der Waals surface area contributed by atoms with E-state index in [0.717, 1.165) is 17.5 Å². The topological polar surface area (TPSA) is 59.5 Å². The van der Waals surface area contributed by atoms with Crippen LogP contribution in [0, 0.1) is 6.92 Å². The van der Waals surface area contributed by atoms with Gasteiger partial charge in [0.25, 0.3) is 0 Å². The lowest BCUT2D eigenvalue weighted by Gasteiger charge is -2.24. The van der Waals surface area contributed by atoms with Gasteiger partial charge in [0.1, 0.15) is 6.61 Å². The number of aryl methyl sites for hydroxylation is 1. The van der Waals surface area contributed by atoms with Crippen LogP contribution in [0.5, 0.6) is 0 Å². The van der Waals surface area contributed by atoms with Gasteiger partial charge in [-0.1, -0.05) is 54.7 Å². The highest BCUT2D eigenvalue weighted by Gasteiger charge is 2.37. The number of benzene rings is 1. The van der Waals surface area contributed by atoms with Crippen molar-refractivity contribution in [1.82, 2.24) is 9.88 Å². The fourth-order valence-corrected chi connectivity index (χ4v) is 4.50. The van der Waals surface area contributed by atoms with E-state index in [1.54, 1.807) is 17.2 Å². The molecule has 146 valence electrons. The number of amides is 1. The van der Waals surface area contributed by atoms with Crippen LogP contribution in [-0.2, 0) is 11.2 Å². The second kappa shape index (κ2) is 9.55. The summed E-state index contributed by atoms with van der Waals surface area (Å²) in [6.07, 6.45) is 6.26. The van der Waals surface area contributed by atoms with Gasteiger partial charge in [-0.3, -0.25) is 9.78 Å². The first kappa shape index (κ1) is 20.1. The van der Waals surface area contributed by atoms with Crippen molar-refractivity contribution in [2.24, 2.45) is 0 Å². The molecule has 3 rings (SSSR count). The summed E-state index contributed by atoms with van der Waals surface area (Å²) in [5.41, 5.74) is 2.93. The molecule has 6 heteroatoms. The lowest BCUT2D eigenvalue weighted by Crippen LogP contribution is -2.37. The van der Waals surface area contributed by atoms with Gasteiger partial charge in [0.05, 0.1) is 0 Å². The molecule has 2 aromatic rings. The molecule has 2 heterocycles. The highest BCUT2D eigenvalue weighted by Crippen LogP contribution is 2.32. The van der Waals surface area contributed by atoms with Crippen molar-refractivity contribution >= 4 is 23.0 Å². The first-order valence-electron chi connectivity index (χ1n) is 9.28. The molecule has 0 radical (unpaired) electrons. The van der Waals surface area contributed by atoms with Gasteiger partial charge in [-0.25, -0.2) is 4.79 Å². The molecule has 1 aromatic heterocycles. The van der Waals surface area contributed by atoms with Crippen molar-refractivity contribution in [2.45, 2.75) is 31.1 Å². The summed E-state index contributed by atoms with van der Waals surface area (Å²) < 4.78 is 5.27. The quantitative estimate of drug-likeness (QED) is 0.683. The third kappa shape index (κ3) is 5.01. The van der Waals surface area contributed by atoms with Crippen LogP contribution < -0.4 is 0 Å². The Bertz CT molecular complexity index is 841. The summed E-state index contributed by atoms with van der Waals surface area (Å²) in [5.74, 6) is 0. The third-order valence-corrected chi connectivity index (χ3v) is 5.94. The summed E-state index contributed by atoms with van der Waals surface area (Å²) >= 11 is 1.30. The Kier molecular flexibility index (Phi) is 6.87. The lowest BCUT2D eigenvalue weighted by atomic mass is 10.0. The Labute approximate surface area is 169 Å². The van der Waals surface area contributed by atoms with Gasteiger partial charge >= 0.3 is 6.09 Å². The standard InChI is InChI=1S/C22H24N2O3S/c1-3-11-27-22(26)24-15-20(28-21(25)17-7-5-4-6-8-17)13-19(24)12-18-9-10-23-14-16(18)2/h3-10,14,19-20H,1,11-13,15H2,2H3. The molecule has 1 aliphatic rings.